The van der Waals surface area contributed by atoms with Crippen molar-refractivity contribution in [3.05, 3.63) is 41.6 Å². The Morgan fingerprint density at radius 2 is 1.52 bits per heavy atom. The van der Waals surface area contributed by atoms with Crippen LogP contribution < -0.4 is 4.90 Å². The highest BCUT2D eigenvalue weighted by Gasteiger charge is 2.07. The Morgan fingerprint density at radius 1 is 0.870 bits per heavy atom. The number of hydrogen-bond acceptors (Lipinski definition) is 4. The van der Waals surface area contributed by atoms with Crippen molar-refractivity contribution in [2.45, 2.75) is 25.1 Å². The molecule has 0 spiro atoms. The molecule has 0 bridgehead atoms. The highest BCUT2D eigenvalue weighted by atomic mass is 35.5. The summed E-state index contributed by atoms with van der Waals surface area (Å²) in [5.41, 5.74) is 2.43. The lowest BCUT2D eigenvalue weighted by Gasteiger charge is -2.23. The van der Waals surface area contributed by atoms with E-state index in [1.165, 1.54) is 5.56 Å². The van der Waals surface area contributed by atoms with Gasteiger partial charge in [0.2, 0.25) is 11.8 Å². The van der Waals surface area contributed by atoms with Crippen molar-refractivity contribution < 1.29 is 4.42 Å². The largest absolute Gasteiger partial charge is 0.424 e. The number of alkyl halides is 3. The van der Waals surface area contributed by atoms with Crippen molar-refractivity contribution in [1.82, 2.24) is 10.2 Å². The Morgan fingerprint density at radius 3 is 2.09 bits per heavy atom. The fourth-order valence-electron chi connectivity index (χ4n) is 2.33. The molecule has 0 amide bonds. The molecule has 126 valence electrons. The predicted molar refractivity (Wildman–Crippen MR) is 96.0 cm³/mol. The van der Waals surface area contributed by atoms with E-state index in [9.17, 15) is 0 Å². The smallest absolute Gasteiger partial charge is 0.231 e. The predicted octanol–water partition coefficient (Wildman–Crippen LogP) is 4.27. The minimum atomic E-state index is 0.259. The van der Waals surface area contributed by atoms with Gasteiger partial charge < -0.3 is 9.32 Å². The molecule has 23 heavy (non-hydrogen) atoms. The Hall–Kier alpha value is -0.970. The second kappa shape index (κ2) is 10.0. The molecular weight excluding hydrogens is 357 g/mol. The lowest BCUT2D eigenvalue weighted by atomic mass is 10.1. The van der Waals surface area contributed by atoms with Gasteiger partial charge >= 0.3 is 0 Å². The van der Waals surface area contributed by atoms with Crippen LogP contribution in [0.1, 0.15) is 23.8 Å². The molecule has 0 unspecified atom stereocenters. The Bertz CT molecular complexity index is 568. The van der Waals surface area contributed by atoms with E-state index in [4.69, 9.17) is 39.2 Å². The van der Waals surface area contributed by atoms with E-state index in [1.54, 1.807) is 0 Å². The molecule has 1 aromatic heterocycles. The molecule has 0 saturated heterocycles. The van der Waals surface area contributed by atoms with Gasteiger partial charge in [-0.25, -0.2) is 0 Å². The van der Waals surface area contributed by atoms with Crippen molar-refractivity contribution in [2.75, 3.05) is 29.7 Å². The number of aromatic nitrogens is 2. The maximum absolute atomic E-state index is 5.84. The molecule has 0 atom stereocenters. The number of aryl methyl sites for hydroxylation is 2. The highest BCUT2D eigenvalue weighted by Crippen LogP contribution is 2.17. The molecule has 2 rings (SSSR count). The molecule has 0 aliphatic heterocycles. The third kappa shape index (κ3) is 5.87. The van der Waals surface area contributed by atoms with Crippen molar-refractivity contribution >= 4 is 40.5 Å². The zero-order chi connectivity index (χ0) is 16.5. The summed E-state index contributed by atoms with van der Waals surface area (Å²) >= 11 is 17.3. The summed E-state index contributed by atoms with van der Waals surface area (Å²) in [4.78, 5) is 2.19. The van der Waals surface area contributed by atoms with E-state index in [1.807, 2.05) is 0 Å². The Labute approximate surface area is 151 Å². The summed E-state index contributed by atoms with van der Waals surface area (Å²) in [6.45, 7) is 1.60. The molecule has 4 nitrogen and oxygen atoms in total. The van der Waals surface area contributed by atoms with Crippen LogP contribution in [0.2, 0.25) is 0 Å². The first kappa shape index (κ1) is 18.4. The van der Waals surface area contributed by atoms with Gasteiger partial charge in [0.25, 0.3) is 0 Å². The molecule has 7 heteroatoms. The van der Waals surface area contributed by atoms with E-state index in [0.717, 1.165) is 38.0 Å². The van der Waals surface area contributed by atoms with Crippen molar-refractivity contribution in [3.8, 4) is 0 Å². The van der Waals surface area contributed by atoms with Gasteiger partial charge in [-0.2, -0.15) is 0 Å². The summed E-state index contributed by atoms with van der Waals surface area (Å²) in [6.07, 6.45) is 2.68. The standard InChI is InChI=1S/C16H20Cl3N3O/c17-8-10-22(11-9-18)14-6-4-13(5-7-14)2-1-3-15-20-21-16(12-19)23-15/h4-7H,1-3,8-12H2. The van der Waals surface area contributed by atoms with Crippen molar-refractivity contribution in [2.24, 2.45) is 0 Å². The van der Waals surface area contributed by atoms with Gasteiger partial charge in [-0.15, -0.1) is 45.0 Å². The van der Waals surface area contributed by atoms with Crippen LogP contribution in [-0.2, 0) is 18.7 Å². The SMILES string of the molecule is ClCCN(CCCl)c1ccc(CCCc2nnc(CCl)o2)cc1. The minimum Gasteiger partial charge on any atom is -0.424 e. The average molecular weight is 377 g/mol. The highest BCUT2D eigenvalue weighted by molar-refractivity contribution is 6.18. The molecule has 2 aromatic rings. The van der Waals surface area contributed by atoms with Gasteiger partial charge in [-0.05, 0) is 30.5 Å². The normalized spacial score (nSPS) is 10.9. The van der Waals surface area contributed by atoms with Crippen LogP contribution in [0.5, 0.6) is 0 Å². The van der Waals surface area contributed by atoms with E-state index >= 15 is 0 Å². The molecule has 0 saturated carbocycles. The Kier molecular flexibility index (Phi) is 8.00. The number of benzene rings is 1. The van der Waals surface area contributed by atoms with Gasteiger partial charge in [0.15, 0.2) is 0 Å². The minimum absolute atomic E-state index is 0.259. The maximum Gasteiger partial charge on any atom is 0.231 e. The van der Waals surface area contributed by atoms with Crippen molar-refractivity contribution in [3.63, 3.8) is 0 Å². The summed E-state index contributed by atoms with van der Waals surface area (Å²) in [7, 11) is 0. The first-order chi connectivity index (χ1) is 11.3. The molecule has 1 aromatic carbocycles. The van der Waals surface area contributed by atoms with E-state index in [0.29, 0.717) is 23.5 Å². The van der Waals surface area contributed by atoms with E-state index < -0.39 is 0 Å². The van der Waals surface area contributed by atoms with E-state index in [2.05, 4.69) is 39.4 Å². The lowest BCUT2D eigenvalue weighted by Crippen LogP contribution is -2.27. The summed E-state index contributed by atoms with van der Waals surface area (Å²) in [5.74, 6) is 2.56. The first-order valence-corrected chi connectivity index (χ1v) is 9.20. The fraction of sp³-hybridized carbons (Fsp3) is 0.500. The first-order valence-electron chi connectivity index (χ1n) is 7.60. The Balaban J connectivity index is 1.84. The summed E-state index contributed by atoms with van der Waals surface area (Å²) < 4.78 is 5.39. The molecule has 0 N–H and O–H groups in total. The topological polar surface area (TPSA) is 42.2 Å². The van der Waals surface area contributed by atoms with Gasteiger partial charge in [-0.3, -0.25) is 0 Å². The number of rotatable bonds is 10. The van der Waals surface area contributed by atoms with Crippen LogP contribution in [0, 0.1) is 0 Å². The molecule has 0 aliphatic carbocycles. The number of halogens is 3. The molecule has 0 fully saturated rings. The summed E-state index contributed by atoms with van der Waals surface area (Å²) in [5, 5.41) is 7.81. The number of hydrogen-bond donors (Lipinski definition) is 0. The van der Waals surface area contributed by atoms with Crippen LogP contribution >= 0.6 is 34.8 Å². The quantitative estimate of drug-likeness (QED) is 0.581. The second-order valence-electron chi connectivity index (χ2n) is 5.11. The maximum atomic E-state index is 5.84. The van der Waals surface area contributed by atoms with Crippen LogP contribution in [0.15, 0.2) is 28.7 Å². The number of anilines is 1. The van der Waals surface area contributed by atoms with Crippen LogP contribution in [0.4, 0.5) is 5.69 Å². The van der Waals surface area contributed by atoms with Gasteiger partial charge in [0, 0.05) is 37.0 Å². The molecule has 1 heterocycles. The zero-order valence-electron chi connectivity index (χ0n) is 12.9. The van der Waals surface area contributed by atoms with Gasteiger partial charge in [0.1, 0.15) is 5.88 Å². The third-order valence-corrected chi connectivity index (χ3v) is 4.06. The van der Waals surface area contributed by atoms with Crippen LogP contribution in [0.25, 0.3) is 0 Å². The van der Waals surface area contributed by atoms with Gasteiger partial charge in [0.05, 0.1) is 0 Å². The van der Waals surface area contributed by atoms with Gasteiger partial charge in [-0.1, -0.05) is 12.1 Å². The molecule has 0 radical (unpaired) electrons. The number of nitrogens with zero attached hydrogens (tertiary/aromatic N) is 3. The van der Waals surface area contributed by atoms with Crippen molar-refractivity contribution in [1.29, 1.82) is 0 Å². The lowest BCUT2D eigenvalue weighted by molar-refractivity contribution is 0.458. The second-order valence-corrected chi connectivity index (χ2v) is 6.13. The van der Waals surface area contributed by atoms with Crippen LogP contribution in [0.3, 0.4) is 0 Å². The molecular formula is C16H20Cl3N3O. The summed E-state index contributed by atoms with van der Waals surface area (Å²) in [6, 6.07) is 8.52. The van der Waals surface area contributed by atoms with Crippen LogP contribution in [-0.4, -0.2) is 35.0 Å². The van der Waals surface area contributed by atoms with E-state index in [-0.39, 0.29) is 5.88 Å². The fourth-order valence-corrected chi connectivity index (χ4v) is 2.85. The monoisotopic (exact) mass is 375 g/mol. The average Bonchev–Trinajstić information content (AvgIpc) is 3.03. The third-order valence-electron chi connectivity index (χ3n) is 3.49. The molecule has 0 aliphatic rings. The zero-order valence-corrected chi connectivity index (χ0v) is 15.1.